The topological polar surface area (TPSA) is 75.5 Å². The number of halogens is 2. The first-order valence-corrected chi connectivity index (χ1v) is 8.72. The highest BCUT2D eigenvalue weighted by Crippen LogP contribution is 2.40. The molecule has 8 heteroatoms. The van der Waals surface area contributed by atoms with Gasteiger partial charge in [0.05, 0.1) is 16.1 Å². The van der Waals surface area contributed by atoms with Gasteiger partial charge in [0.2, 0.25) is 0 Å². The third-order valence-corrected chi connectivity index (χ3v) is 4.75. The summed E-state index contributed by atoms with van der Waals surface area (Å²) in [5.74, 6) is -0.813. The van der Waals surface area contributed by atoms with Crippen LogP contribution in [-0.2, 0) is 0 Å². The van der Waals surface area contributed by atoms with Crippen LogP contribution in [0.2, 0.25) is 5.02 Å². The Hall–Kier alpha value is -3.45. The van der Waals surface area contributed by atoms with E-state index in [0.29, 0.717) is 22.0 Å². The lowest BCUT2D eigenvalue weighted by Crippen LogP contribution is -2.43. The van der Waals surface area contributed by atoms with Crippen molar-refractivity contribution in [2.75, 3.05) is 10.2 Å². The van der Waals surface area contributed by atoms with Gasteiger partial charge in [-0.2, -0.15) is 0 Å². The molecule has 0 bridgehead atoms. The van der Waals surface area contributed by atoms with Crippen LogP contribution in [0.25, 0.3) is 0 Å². The first kappa shape index (κ1) is 17.9. The van der Waals surface area contributed by atoms with E-state index in [-0.39, 0.29) is 17.2 Å². The number of carbonyl (C=O) groups excluding carboxylic acids is 1. The molecule has 0 aromatic heterocycles. The first-order valence-electron chi connectivity index (χ1n) is 8.34. The van der Waals surface area contributed by atoms with Crippen LogP contribution in [0.1, 0.15) is 22.1 Å². The molecule has 0 fully saturated rings. The molecule has 28 heavy (non-hydrogen) atoms. The molecule has 1 aliphatic rings. The van der Waals surface area contributed by atoms with E-state index in [1.54, 1.807) is 24.3 Å². The number of hydrogen-bond acceptors (Lipinski definition) is 4. The summed E-state index contributed by atoms with van der Waals surface area (Å²) in [6.45, 7) is 0. The third kappa shape index (κ3) is 3.05. The molecule has 3 aromatic rings. The minimum atomic E-state index is -0.896. The van der Waals surface area contributed by atoms with Crippen LogP contribution in [0, 0.1) is 15.9 Å². The van der Waals surface area contributed by atoms with Gasteiger partial charge in [0.1, 0.15) is 12.0 Å². The predicted octanol–water partition coefficient (Wildman–Crippen LogP) is 5.16. The summed E-state index contributed by atoms with van der Waals surface area (Å²) >= 11 is 6.09. The highest BCUT2D eigenvalue weighted by atomic mass is 35.5. The average molecular weight is 398 g/mol. The normalized spacial score (nSPS) is 15.7. The summed E-state index contributed by atoms with van der Waals surface area (Å²) in [4.78, 5) is 25.6. The van der Waals surface area contributed by atoms with E-state index < -0.39 is 16.9 Å². The van der Waals surface area contributed by atoms with Crippen LogP contribution in [0.4, 0.5) is 21.5 Å². The van der Waals surface area contributed by atoms with Gasteiger partial charge in [-0.15, -0.1) is 0 Å². The lowest BCUT2D eigenvalue weighted by atomic mass is 10.0. The second-order valence-corrected chi connectivity index (χ2v) is 6.64. The zero-order chi connectivity index (χ0) is 19.8. The minimum absolute atomic E-state index is 0.179. The van der Waals surface area contributed by atoms with Crippen LogP contribution in [-0.4, -0.2) is 10.8 Å². The van der Waals surface area contributed by atoms with Crippen LogP contribution in [0.5, 0.6) is 0 Å². The zero-order valence-electron chi connectivity index (χ0n) is 14.3. The van der Waals surface area contributed by atoms with Crippen molar-refractivity contribution in [1.82, 2.24) is 0 Å². The van der Waals surface area contributed by atoms with Crippen LogP contribution in [0.15, 0.2) is 66.7 Å². The highest BCUT2D eigenvalue weighted by Gasteiger charge is 2.37. The van der Waals surface area contributed by atoms with Gasteiger partial charge in [0.25, 0.3) is 11.6 Å². The van der Waals surface area contributed by atoms with Crippen molar-refractivity contribution in [2.45, 2.75) is 6.17 Å². The molecule has 0 unspecified atom stereocenters. The summed E-state index contributed by atoms with van der Waals surface area (Å²) in [5, 5.41) is 15.0. The summed E-state index contributed by atoms with van der Waals surface area (Å²) in [5.41, 5.74) is 1.40. The largest absolute Gasteiger partial charge is 0.360 e. The van der Waals surface area contributed by atoms with E-state index in [4.69, 9.17) is 11.6 Å². The molecule has 4 rings (SSSR count). The van der Waals surface area contributed by atoms with Gasteiger partial charge in [-0.25, -0.2) is 4.39 Å². The Labute approximate surface area is 164 Å². The summed E-state index contributed by atoms with van der Waals surface area (Å²) in [6, 6.07) is 16.4. The molecule has 0 saturated heterocycles. The molecule has 0 radical (unpaired) electrons. The lowest BCUT2D eigenvalue weighted by molar-refractivity contribution is -0.385. The maximum Gasteiger partial charge on any atom is 0.276 e. The Kier molecular flexibility index (Phi) is 4.44. The van der Waals surface area contributed by atoms with E-state index in [1.165, 1.54) is 47.4 Å². The smallest absolute Gasteiger partial charge is 0.276 e. The molecule has 1 aliphatic heterocycles. The number of fused-ring (bicyclic) bond motifs is 1. The summed E-state index contributed by atoms with van der Waals surface area (Å²) in [6.07, 6.45) is -0.896. The van der Waals surface area contributed by atoms with Crippen molar-refractivity contribution in [1.29, 1.82) is 0 Å². The van der Waals surface area contributed by atoms with Gasteiger partial charge < -0.3 is 5.32 Å². The number of rotatable bonds is 3. The van der Waals surface area contributed by atoms with Crippen molar-refractivity contribution < 1.29 is 14.1 Å². The molecule has 0 spiro atoms. The molecule has 3 aromatic carbocycles. The maximum absolute atomic E-state index is 13.4. The molecule has 1 N–H and O–H groups in total. The predicted molar refractivity (Wildman–Crippen MR) is 104 cm³/mol. The Morgan fingerprint density at radius 3 is 2.50 bits per heavy atom. The number of nitro benzene ring substituents is 1. The molecule has 1 atom stereocenters. The Morgan fingerprint density at radius 2 is 1.79 bits per heavy atom. The molecule has 1 amide bonds. The van der Waals surface area contributed by atoms with Crippen molar-refractivity contribution >= 4 is 34.6 Å². The van der Waals surface area contributed by atoms with E-state index in [2.05, 4.69) is 5.32 Å². The van der Waals surface area contributed by atoms with Gasteiger partial charge in [0.15, 0.2) is 0 Å². The molecule has 140 valence electrons. The summed E-state index contributed by atoms with van der Waals surface area (Å²) < 4.78 is 13.4. The van der Waals surface area contributed by atoms with E-state index in [0.717, 1.165) is 0 Å². The Morgan fingerprint density at radius 1 is 1.07 bits per heavy atom. The van der Waals surface area contributed by atoms with Crippen molar-refractivity contribution in [3.05, 3.63) is 98.8 Å². The molecular formula is C20H13ClFN3O3. The molecule has 0 aliphatic carbocycles. The Bertz CT molecular complexity index is 1090. The van der Waals surface area contributed by atoms with Crippen LogP contribution in [0.3, 0.4) is 0 Å². The van der Waals surface area contributed by atoms with Gasteiger partial charge in [-0.05, 0) is 48.5 Å². The monoisotopic (exact) mass is 397 g/mol. The number of anilines is 2. The number of nitro groups is 1. The maximum atomic E-state index is 13.4. The number of carbonyl (C=O) groups is 1. The number of nitrogens with zero attached hydrogens (tertiary/aromatic N) is 2. The summed E-state index contributed by atoms with van der Waals surface area (Å²) in [7, 11) is 0. The molecule has 1 heterocycles. The molecular weight excluding hydrogens is 385 g/mol. The zero-order valence-corrected chi connectivity index (χ0v) is 15.1. The van der Waals surface area contributed by atoms with Crippen molar-refractivity contribution in [3.8, 4) is 0 Å². The number of nitrogens with one attached hydrogen (secondary N) is 1. The van der Waals surface area contributed by atoms with E-state index in [1.807, 2.05) is 0 Å². The fraction of sp³-hybridized carbons (Fsp3) is 0.0500. The number of para-hydroxylation sites is 1. The van der Waals surface area contributed by atoms with Gasteiger partial charge in [-0.3, -0.25) is 19.8 Å². The van der Waals surface area contributed by atoms with Gasteiger partial charge >= 0.3 is 0 Å². The van der Waals surface area contributed by atoms with Gasteiger partial charge in [0, 0.05) is 22.5 Å². The second kappa shape index (κ2) is 6.94. The number of hydrogen-bond donors (Lipinski definition) is 1. The Balaban J connectivity index is 1.93. The van der Waals surface area contributed by atoms with Crippen LogP contribution >= 0.6 is 11.6 Å². The van der Waals surface area contributed by atoms with Crippen molar-refractivity contribution in [2.24, 2.45) is 0 Å². The second-order valence-electron chi connectivity index (χ2n) is 6.20. The van der Waals surface area contributed by atoms with E-state index in [9.17, 15) is 19.3 Å². The fourth-order valence-electron chi connectivity index (χ4n) is 3.25. The quantitative estimate of drug-likeness (QED) is 0.489. The number of benzene rings is 3. The van der Waals surface area contributed by atoms with Crippen molar-refractivity contribution in [3.63, 3.8) is 0 Å². The fourth-order valence-corrected chi connectivity index (χ4v) is 3.43. The third-order valence-electron chi connectivity index (χ3n) is 4.51. The van der Waals surface area contributed by atoms with E-state index >= 15 is 0 Å². The highest BCUT2D eigenvalue weighted by molar-refractivity contribution is 6.30. The number of amides is 1. The van der Waals surface area contributed by atoms with Crippen LogP contribution < -0.4 is 10.2 Å². The average Bonchev–Trinajstić information content (AvgIpc) is 2.68. The minimum Gasteiger partial charge on any atom is -0.360 e. The molecule has 0 saturated carbocycles. The SMILES string of the molecule is O=C1c2ccccc2N[C@H](c2cc(Cl)ccc2[N+](=O)[O-])N1c1ccc(F)cc1. The lowest BCUT2D eigenvalue weighted by Gasteiger charge is -2.37. The molecule has 6 nitrogen and oxygen atoms in total. The first-order chi connectivity index (χ1) is 13.5. The standard InChI is InChI=1S/C20H13ClFN3O3/c21-12-5-10-18(25(27)28)16(11-12)19-23-17-4-2-1-3-15(17)20(26)24(19)14-8-6-13(22)7-9-14/h1-11,19,23H/t19-/m0/s1. The van der Waals surface area contributed by atoms with Gasteiger partial charge in [-0.1, -0.05) is 23.7 Å².